The van der Waals surface area contributed by atoms with Gasteiger partial charge in [-0.05, 0) is 30.7 Å². The fourth-order valence-electron chi connectivity index (χ4n) is 1.09. The highest BCUT2D eigenvalue weighted by Gasteiger charge is 1.98. The van der Waals surface area contributed by atoms with E-state index in [2.05, 4.69) is 4.74 Å². The Hall–Kier alpha value is -1.81. The maximum atomic E-state index is 10.8. The zero-order chi connectivity index (χ0) is 12.0. The van der Waals surface area contributed by atoms with E-state index in [9.17, 15) is 4.79 Å². The van der Waals surface area contributed by atoms with E-state index in [1.807, 2.05) is 0 Å². The van der Waals surface area contributed by atoms with Gasteiger partial charge in [-0.25, -0.2) is 4.79 Å². The lowest BCUT2D eigenvalue weighted by molar-refractivity contribution is -0.134. The smallest absolute Gasteiger partial charge is 0.330 e. The van der Waals surface area contributed by atoms with Crippen LogP contribution in [-0.2, 0) is 9.53 Å². The first-order valence-electron chi connectivity index (χ1n) is 4.82. The summed E-state index contributed by atoms with van der Waals surface area (Å²) in [7, 11) is 1.33. The van der Waals surface area contributed by atoms with Crippen molar-refractivity contribution >= 4 is 12.0 Å². The van der Waals surface area contributed by atoms with Crippen molar-refractivity contribution in [3.05, 3.63) is 35.9 Å². The van der Waals surface area contributed by atoms with Crippen molar-refractivity contribution in [3.63, 3.8) is 0 Å². The molecule has 1 N–H and O–H groups in total. The number of ether oxygens (including phenoxy) is 2. The summed E-state index contributed by atoms with van der Waals surface area (Å²) >= 11 is 0. The molecule has 0 aliphatic heterocycles. The van der Waals surface area contributed by atoms with Gasteiger partial charge in [-0.1, -0.05) is 12.1 Å². The topological polar surface area (TPSA) is 55.8 Å². The predicted octanol–water partition coefficient (Wildman–Crippen LogP) is 1.59. The normalized spacial score (nSPS) is 12.4. The van der Waals surface area contributed by atoms with Crippen LogP contribution in [-0.4, -0.2) is 24.5 Å². The molecule has 4 heteroatoms. The largest absolute Gasteiger partial charge is 0.466 e. The maximum absolute atomic E-state index is 10.8. The van der Waals surface area contributed by atoms with E-state index in [-0.39, 0.29) is 0 Å². The molecule has 0 spiro atoms. The standard InChI is InChI=1S/C12H14O4/c1-9(13)16-11-6-3-10(4-7-11)5-8-12(14)15-2/h3-9,13H,1-2H3. The van der Waals surface area contributed by atoms with Crippen molar-refractivity contribution in [3.8, 4) is 5.75 Å². The van der Waals surface area contributed by atoms with Gasteiger partial charge >= 0.3 is 5.97 Å². The molecular weight excluding hydrogens is 208 g/mol. The van der Waals surface area contributed by atoms with Crippen molar-refractivity contribution in [1.82, 2.24) is 0 Å². The summed E-state index contributed by atoms with van der Waals surface area (Å²) in [5.74, 6) is 0.175. The molecule has 1 atom stereocenters. The third kappa shape index (κ3) is 4.14. The molecule has 0 saturated heterocycles. The monoisotopic (exact) mass is 222 g/mol. The Balaban J connectivity index is 2.64. The van der Waals surface area contributed by atoms with Gasteiger partial charge in [0.15, 0.2) is 6.29 Å². The summed E-state index contributed by atoms with van der Waals surface area (Å²) in [6.45, 7) is 1.53. The van der Waals surface area contributed by atoms with Crippen molar-refractivity contribution in [1.29, 1.82) is 0 Å². The molecule has 1 unspecified atom stereocenters. The number of esters is 1. The molecule has 0 bridgehead atoms. The van der Waals surface area contributed by atoms with Crippen LogP contribution in [0.5, 0.6) is 5.75 Å². The van der Waals surface area contributed by atoms with Crippen LogP contribution >= 0.6 is 0 Å². The highest BCUT2D eigenvalue weighted by molar-refractivity contribution is 5.86. The van der Waals surface area contributed by atoms with Crippen LogP contribution < -0.4 is 4.74 Å². The van der Waals surface area contributed by atoms with Gasteiger partial charge in [-0.15, -0.1) is 0 Å². The van der Waals surface area contributed by atoms with E-state index in [0.29, 0.717) is 5.75 Å². The molecule has 16 heavy (non-hydrogen) atoms. The van der Waals surface area contributed by atoms with Gasteiger partial charge in [0.05, 0.1) is 7.11 Å². The van der Waals surface area contributed by atoms with Crippen LogP contribution in [0.3, 0.4) is 0 Å². The van der Waals surface area contributed by atoms with E-state index in [1.165, 1.54) is 20.1 Å². The van der Waals surface area contributed by atoms with E-state index in [0.717, 1.165) is 5.56 Å². The second-order valence-corrected chi connectivity index (χ2v) is 3.14. The van der Waals surface area contributed by atoms with E-state index >= 15 is 0 Å². The number of methoxy groups -OCH3 is 1. The van der Waals surface area contributed by atoms with Crippen LogP contribution in [0.4, 0.5) is 0 Å². The summed E-state index contributed by atoms with van der Waals surface area (Å²) in [5, 5.41) is 8.99. The number of hydrogen-bond donors (Lipinski definition) is 1. The Morgan fingerprint density at radius 3 is 2.50 bits per heavy atom. The zero-order valence-electron chi connectivity index (χ0n) is 9.21. The number of aliphatic hydroxyl groups is 1. The van der Waals surface area contributed by atoms with Gasteiger partial charge in [-0.3, -0.25) is 0 Å². The van der Waals surface area contributed by atoms with Crippen LogP contribution in [0.2, 0.25) is 0 Å². The molecule has 4 nitrogen and oxygen atoms in total. The molecule has 0 fully saturated rings. The van der Waals surface area contributed by atoms with Crippen molar-refractivity contribution in [2.24, 2.45) is 0 Å². The average molecular weight is 222 g/mol. The zero-order valence-corrected chi connectivity index (χ0v) is 9.21. The molecule has 0 aliphatic carbocycles. The fraction of sp³-hybridized carbons (Fsp3) is 0.250. The Bertz CT molecular complexity index is 365. The molecule has 0 aromatic heterocycles. The number of rotatable bonds is 4. The molecule has 0 amide bonds. The van der Waals surface area contributed by atoms with Gasteiger partial charge in [0.25, 0.3) is 0 Å². The van der Waals surface area contributed by atoms with Crippen LogP contribution in [0.1, 0.15) is 12.5 Å². The van der Waals surface area contributed by atoms with Gasteiger partial charge in [0.2, 0.25) is 0 Å². The fourth-order valence-corrected chi connectivity index (χ4v) is 1.09. The first kappa shape index (κ1) is 12.3. The van der Waals surface area contributed by atoms with Gasteiger partial charge in [0.1, 0.15) is 5.75 Å². The molecule has 0 aliphatic rings. The minimum Gasteiger partial charge on any atom is -0.466 e. The molecular formula is C12H14O4. The Morgan fingerprint density at radius 2 is 2.00 bits per heavy atom. The Kier molecular flexibility index (Phi) is 4.54. The van der Waals surface area contributed by atoms with E-state index < -0.39 is 12.3 Å². The summed E-state index contributed by atoms with van der Waals surface area (Å²) in [6.07, 6.45) is 2.14. The number of carbonyl (C=O) groups is 1. The number of carbonyl (C=O) groups excluding carboxylic acids is 1. The molecule has 1 aromatic rings. The van der Waals surface area contributed by atoms with Crippen molar-refractivity contribution in [2.45, 2.75) is 13.2 Å². The average Bonchev–Trinajstić information content (AvgIpc) is 2.27. The highest BCUT2D eigenvalue weighted by Crippen LogP contribution is 2.14. The van der Waals surface area contributed by atoms with Crippen LogP contribution in [0.25, 0.3) is 6.08 Å². The molecule has 0 saturated carbocycles. The first-order chi connectivity index (χ1) is 7.61. The van der Waals surface area contributed by atoms with Crippen molar-refractivity contribution < 1.29 is 19.4 Å². The van der Waals surface area contributed by atoms with Crippen molar-refractivity contribution in [2.75, 3.05) is 7.11 Å². The Morgan fingerprint density at radius 1 is 1.38 bits per heavy atom. The van der Waals surface area contributed by atoms with Gasteiger partial charge < -0.3 is 14.6 Å². The summed E-state index contributed by atoms with van der Waals surface area (Å²) in [4.78, 5) is 10.8. The SMILES string of the molecule is COC(=O)C=Cc1ccc(OC(C)O)cc1. The first-order valence-corrected chi connectivity index (χ1v) is 4.82. The lowest BCUT2D eigenvalue weighted by Gasteiger charge is -2.07. The summed E-state index contributed by atoms with van der Waals surface area (Å²) in [6, 6.07) is 6.97. The highest BCUT2D eigenvalue weighted by atomic mass is 16.6. The summed E-state index contributed by atoms with van der Waals surface area (Å²) < 4.78 is 9.52. The number of benzene rings is 1. The third-order valence-corrected chi connectivity index (χ3v) is 1.80. The quantitative estimate of drug-likeness (QED) is 0.477. The minimum absolute atomic E-state index is 0.399. The Labute approximate surface area is 94.1 Å². The molecule has 0 heterocycles. The molecule has 0 radical (unpaired) electrons. The second kappa shape index (κ2) is 5.92. The lowest BCUT2D eigenvalue weighted by atomic mass is 10.2. The number of aliphatic hydroxyl groups excluding tert-OH is 1. The second-order valence-electron chi connectivity index (χ2n) is 3.14. The predicted molar refractivity (Wildman–Crippen MR) is 59.8 cm³/mol. The lowest BCUT2D eigenvalue weighted by Crippen LogP contribution is -2.09. The van der Waals surface area contributed by atoms with Crippen LogP contribution in [0, 0.1) is 0 Å². The molecule has 1 rings (SSSR count). The number of hydrogen-bond acceptors (Lipinski definition) is 4. The minimum atomic E-state index is -0.837. The summed E-state index contributed by atoms with van der Waals surface area (Å²) in [5.41, 5.74) is 0.850. The third-order valence-electron chi connectivity index (χ3n) is 1.80. The van der Waals surface area contributed by atoms with E-state index in [4.69, 9.17) is 9.84 Å². The molecule has 86 valence electrons. The van der Waals surface area contributed by atoms with Gasteiger partial charge in [-0.2, -0.15) is 0 Å². The maximum Gasteiger partial charge on any atom is 0.330 e. The molecule has 1 aromatic carbocycles. The van der Waals surface area contributed by atoms with Crippen LogP contribution in [0.15, 0.2) is 30.3 Å². The van der Waals surface area contributed by atoms with E-state index in [1.54, 1.807) is 30.3 Å². The van der Waals surface area contributed by atoms with Gasteiger partial charge in [0, 0.05) is 6.08 Å².